The van der Waals surface area contributed by atoms with Gasteiger partial charge in [-0.25, -0.2) is 14.0 Å². The molecule has 0 unspecified atom stereocenters. The van der Waals surface area contributed by atoms with Crippen molar-refractivity contribution < 1.29 is 23.8 Å². The number of hydrogen-bond donors (Lipinski definition) is 2. The van der Waals surface area contributed by atoms with Crippen LogP contribution in [0, 0.1) is 5.82 Å². The molecule has 3 aromatic carbocycles. The van der Waals surface area contributed by atoms with E-state index in [0.29, 0.717) is 0 Å². The van der Waals surface area contributed by atoms with Crippen LogP contribution in [0.1, 0.15) is 27.4 Å². The van der Waals surface area contributed by atoms with Crippen molar-refractivity contribution in [2.45, 2.75) is 5.92 Å². The van der Waals surface area contributed by atoms with E-state index in [1.807, 2.05) is 48.5 Å². The Morgan fingerprint density at radius 2 is 1.57 bits per heavy atom. The molecular weight excluding hydrogens is 361 g/mol. The Morgan fingerprint density at radius 3 is 2.18 bits per heavy atom. The zero-order chi connectivity index (χ0) is 19.7. The number of nitrogens with one attached hydrogen (secondary N) is 1. The molecule has 0 saturated heterocycles. The summed E-state index contributed by atoms with van der Waals surface area (Å²) in [6.07, 6.45) is -0.732. The summed E-state index contributed by atoms with van der Waals surface area (Å²) in [7, 11) is 0. The molecule has 0 aromatic heterocycles. The summed E-state index contributed by atoms with van der Waals surface area (Å²) in [6.45, 7) is 0.132. The lowest BCUT2D eigenvalue weighted by Gasteiger charge is -2.14. The van der Waals surface area contributed by atoms with Crippen LogP contribution in [0.3, 0.4) is 0 Å². The van der Waals surface area contributed by atoms with Crippen molar-refractivity contribution in [1.82, 2.24) is 0 Å². The highest BCUT2D eigenvalue weighted by Gasteiger charge is 2.29. The van der Waals surface area contributed by atoms with Gasteiger partial charge in [0.2, 0.25) is 0 Å². The summed E-state index contributed by atoms with van der Waals surface area (Å²) in [5.74, 6) is -2.36. The molecule has 0 fully saturated rings. The molecule has 1 aliphatic rings. The van der Waals surface area contributed by atoms with Crippen molar-refractivity contribution in [1.29, 1.82) is 0 Å². The molecule has 1 amide bonds. The average Bonchev–Trinajstić information content (AvgIpc) is 3.01. The molecule has 5 nitrogen and oxygen atoms in total. The molecule has 0 aliphatic heterocycles. The highest BCUT2D eigenvalue weighted by molar-refractivity contribution is 5.91. The van der Waals surface area contributed by atoms with E-state index in [1.165, 1.54) is 6.07 Å². The van der Waals surface area contributed by atoms with Gasteiger partial charge in [0.25, 0.3) is 0 Å². The van der Waals surface area contributed by atoms with Gasteiger partial charge in [-0.2, -0.15) is 0 Å². The van der Waals surface area contributed by atoms with Crippen molar-refractivity contribution in [2.75, 3.05) is 11.9 Å². The summed E-state index contributed by atoms with van der Waals surface area (Å²) in [6, 6.07) is 19.3. The Kier molecular flexibility index (Phi) is 4.53. The molecule has 0 heterocycles. The van der Waals surface area contributed by atoms with Gasteiger partial charge in [-0.3, -0.25) is 5.32 Å². The lowest BCUT2D eigenvalue weighted by Crippen LogP contribution is -2.18. The molecule has 3 aromatic rings. The summed E-state index contributed by atoms with van der Waals surface area (Å²) in [5.41, 5.74) is 4.05. The van der Waals surface area contributed by atoms with Crippen molar-refractivity contribution >= 4 is 17.7 Å². The fraction of sp³-hybridized carbons (Fsp3) is 0.0909. The Balaban J connectivity index is 1.49. The number of carbonyl (C=O) groups is 2. The first-order chi connectivity index (χ1) is 13.5. The molecule has 1 aliphatic carbocycles. The Hall–Kier alpha value is -3.67. The maximum absolute atomic E-state index is 13.5. The Bertz CT molecular complexity index is 1030. The highest BCUT2D eigenvalue weighted by Crippen LogP contribution is 2.44. The van der Waals surface area contributed by atoms with Crippen molar-refractivity contribution in [3.05, 3.63) is 89.2 Å². The summed E-state index contributed by atoms with van der Waals surface area (Å²) < 4.78 is 18.8. The van der Waals surface area contributed by atoms with E-state index in [9.17, 15) is 14.0 Å². The smallest absolute Gasteiger partial charge is 0.411 e. The lowest BCUT2D eigenvalue weighted by molar-refractivity contribution is 0.0691. The molecular formula is C22H16FNO4. The minimum Gasteiger partial charge on any atom is -0.478 e. The van der Waals surface area contributed by atoms with Gasteiger partial charge in [0.15, 0.2) is 0 Å². The number of hydrogen-bond acceptors (Lipinski definition) is 3. The zero-order valence-corrected chi connectivity index (χ0v) is 14.7. The van der Waals surface area contributed by atoms with Crippen molar-refractivity contribution in [3.63, 3.8) is 0 Å². The number of carboxylic acids is 1. The third kappa shape index (κ3) is 3.20. The zero-order valence-electron chi connectivity index (χ0n) is 14.7. The first-order valence-electron chi connectivity index (χ1n) is 8.69. The maximum Gasteiger partial charge on any atom is 0.411 e. The summed E-state index contributed by atoms with van der Waals surface area (Å²) in [4.78, 5) is 23.2. The van der Waals surface area contributed by atoms with Crippen LogP contribution in [0.25, 0.3) is 11.1 Å². The summed E-state index contributed by atoms with van der Waals surface area (Å²) in [5, 5.41) is 11.4. The molecule has 140 valence electrons. The highest BCUT2D eigenvalue weighted by atomic mass is 19.1. The van der Waals surface area contributed by atoms with Gasteiger partial charge in [-0.15, -0.1) is 0 Å². The second-order valence-corrected chi connectivity index (χ2v) is 6.45. The van der Waals surface area contributed by atoms with Gasteiger partial charge < -0.3 is 9.84 Å². The second-order valence-electron chi connectivity index (χ2n) is 6.45. The molecule has 0 saturated carbocycles. The van der Waals surface area contributed by atoms with E-state index in [2.05, 4.69) is 5.32 Å². The fourth-order valence-electron chi connectivity index (χ4n) is 3.52. The first-order valence-corrected chi connectivity index (χ1v) is 8.69. The van der Waals surface area contributed by atoms with E-state index in [4.69, 9.17) is 9.84 Å². The van der Waals surface area contributed by atoms with E-state index >= 15 is 0 Å². The molecule has 2 N–H and O–H groups in total. The van der Waals surface area contributed by atoms with Crippen LogP contribution in [0.5, 0.6) is 0 Å². The largest absolute Gasteiger partial charge is 0.478 e. The number of benzene rings is 3. The number of ether oxygens (including phenoxy) is 1. The Labute approximate surface area is 160 Å². The number of aromatic carboxylic acids is 1. The van der Waals surface area contributed by atoms with E-state index in [0.717, 1.165) is 34.4 Å². The number of anilines is 1. The van der Waals surface area contributed by atoms with Crippen LogP contribution >= 0.6 is 0 Å². The topological polar surface area (TPSA) is 75.6 Å². The quantitative estimate of drug-likeness (QED) is 0.679. The van der Waals surface area contributed by atoms with Crippen LogP contribution < -0.4 is 5.32 Å². The molecule has 28 heavy (non-hydrogen) atoms. The van der Waals surface area contributed by atoms with Crippen LogP contribution in [-0.2, 0) is 4.74 Å². The van der Waals surface area contributed by atoms with Gasteiger partial charge in [-0.1, -0.05) is 48.5 Å². The molecule has 6 heteroatoms. The van der Waals surface area contributed by atoms with Gasteiger partial charge >= 0.3 is 12.1 Å². The third-order valence-electron chi connectivity index (χ3n) is 4.79. The minimum atomic E-state index is -1.41. The first kappa shape index (κ1) is 17.7. The van der Waals surface area contributed by atoms with Crippen LogP contribution in [-0.4, -0.2) is 23.8 Å². The minimum absolute atomic E-state index is 0.0825. The van der Waals surface area contributed by atoms with Crippen molar-refractivity contribution in [2.24, 2.45) is 0 Å². The lowest BCUT2D eigenvalue weighted by atomic mass is 9.98. The number of carboxylic acid groups (broad SMARTS) is 1. The fourth-order valence-corrected chi connectivity index (χ4v) is 3.52. The van der Waals surface area contributed by atoms with Gasteiger partial charge in [-0.05, 0) is 40.5 Å². The van der Waals surface area contributed by atoms with Gasteiger partial charge in [0, 0.05) is 11.6 Å². The Morgan fingerprint density at radius 1 is 0.964 bits per heavy atom. The van der Waals surface area contributed by atoms with E-state index in [-0.39, 0.29) is 18.2 Å². The number of carbonyl (C=O) groups excluding carboxylic acids is 1. The van der Waals surface area contributed by atoms with E-state index in [1.54, 1.807) is 0 Å². The SMILES string of the molecule is O=C(Nc1ccc(F)c(C(=O)O)c1)OCC1c2ccccc2-c2ccccc21. The number of fused-ring (bicyclic) bond motifs is 3. The predicted molar refractivity (Wildman–Crippen MR) is 102 cm³/mol. The maximum atomic E-state index is 13.5. The predicted octanol–water partition coefficient (Wildman–Crippen LogP) is 4.88. The van der Waals surface area contributed by atoms with Crippen LogP contribution in [0.2, 0.25) is 0 Å². The summed E-state index contributed by atoms with van der Waals surface area (Å²) >= 11 is 0. The van der Waals surface area contributed by atoms with Gasteiger partial charge in [0.05, 0.1) is 5.56 Å². The monoisotopic (exact) mass is 377 g/mol. The molecule has 0 bridgehead atoms. The molecule has 0 spiro atoms. The van der Waals surface area contributed by atoms with Crippen LogP contribution in [0.4, 0.5) is 14.9 Å². The number of halogens is 1. The average molecular weight is 377 g/mol. The van der Waals surface area contributed by atoms with Crippen LogP contribution in [0.15, 0.2) is 66.7 Å². The molecule has 0 radical (unpaired) electrons. The normalized spacial score (nSPS) is 12.2. The van der Waals surface area contributed by atoms with Crippen molar-refractivity contribution in [3.8, 4) is 11.1 Å². The second kappa shape index (κ2) is 7.15. The van der Waals surface area contributed by atoms with E-state index < -0.39 is 23.4 Å². The molecule has 0 atom stereocenters. The van der Waals surface area contributed by atoms with Gasteiger partial charge in [0.1, 0.15) is 12.4 Å². The standard InChI is InChI=1S/C22H16FNO4/c23-20-10-9-13(11-18(20)21(25)26)24-22(27)28-12-19-16-7-3-1-5-14(16)15-6-2-4-8-17(15)19/h1-11,19H,12H2,(H,24,27)(H,25,26). The number of rotatable bonds is 4. The molecule has 4 rings (SSSR count). The number of amides is 1. The third-order valence-corrected chi connectivity index (χ3v) is 4.79.